The van der Waals surface area contributed by atoms with Gasteiger partial charge in [0, 0.05) is 19.5 Å². The van der Waals surface area contributed by atoms with Crippen LogP contribution in [0.1, 0.15) is 47.0 Å². The van der Waals surface area contributed by atoms with Gasteiger partial charge in [-0.15, -0.1) is 0 Å². The third kappa shape index (κ3) is 4.45. The molecule has 1 heterocycles. The molecule has 0 aromatic carbocycles. The third-order valence-electron chi connectivity index (χ3n) is 4.57. The number of carbonyl (C=O) groups excluding carboxylic acids is 2. The number of carbonyl (C=O) groups is 3. The maximum Gasteiger partial charge on any atom is 0.311 e. The van der Waals surface area contributed by atoms with Gasteiger partial charge in [0.1, 0.15) is 0 Å². The van der Waals surface area contributed by atoms with Gasteiger partial charge >= 0.3 is 5.97 Å². The smallest absolute Gasteiger partial charge is 0.311 e. The van der Waals surface area contributed by atoms with Gasteiger partial charge in [0.25, 0.3) is 0 Å². The normalized spacial score (nSPS) is 21.5. The number of nitrogens with one attached hydrogen (secondary N) is 1. The van der Waals surface area contributed by atoms with E-state index in [2.05, 4.69) is 5.32 Å². The first kappa shape index (κ1) is 18.5. The summed E-state index contributed by atoms with van der Waals surface area (Å²) in [5, 5.41) is 12.1. The quantitative estimate of drug-likeness (QED) is 0.746. The van der Waals surface area contributed by atoms with Gasteiger partial charge in [-0.25, -0.2) is 0 Å². The average molecular weight is 312 g/mol. The first-order chi connectivity index (χ1) is 10.2. The summed E-state index contributed by atoms with van der Waals surface area (Å²) in [7, 11) is 0. The van der Waals surface area contributed by atoms with Crippen LogP contribution in [0.5, 0.6) is 0 Å². The van der Waals surface area contributed by atoms with Crippen molar-refractivity contribution in [2.45, 2.75) is 47.0 Å². The van der Waals surface area contributed by atoms with Gasteiger partial charge in [-0.05, 0) is 24.7 Å². The molecule has 0 aromatic rings. The van der Waals surface area contributed by atoms with Crippen LogP contribution in [0.25, 0.3) is 0 Å². The molecule has 0 aliphatic carbocycles. The molecule has 22 heavy (non-hydrogen) atoms. The second-order valence-electron chi connectivity index (χ2n) is 6.89. The SMILES string of the molecule is CC(C)CCC(=O)NCC(=O)N1CCC(C(=O)O)(C(C)C)C1. The van der Waals surface area contributed by atoms with Crippen LogP contribution in [0.15, 0.2) is 0 Å². The Balaban J connectivity index is 2.48. The van der Waals surface area contributed by atoms with Crippen molar-refractivity contribution in [3.8, 4) is 0 Å². The van der Waals surface area contributed by atoms with Crippen LogP contribution in [-0.4, -0.2) is 47.4 Å². The number of nitrogens with zero attached hydrogens (tertiary/aromatic N) is 1. The lowest BCUT2D eigenvalue weighted by Gasteiger charge is -2.28. The predicted octanol–water partition coefficient (Wildman–Crippen LogP) is 1.50. The number of carboxylic acid groups (broad SMARTS) is 1. The molecule has 1 fully saturated rings. The number of hydrogen-bond donors (Lipinski definition) is 2. The Hall–Kier alpha value is -1.59. The molecule has 0 saturated carbocycles. The lowest BCUT2D eigenvalue weighted by atomic mass is 9.76. The second-order valence-corrected chi connectivity index (χ2v) is 6.89. The molecule has 0 bridgehead atoms. The summed E-state index contributed by atoms with van der Waals surface area (Å²) in [6.07, 6.45) is 1.67. The zero-order chi connectivity index (χ0) is 16.9. The molecule has 1 atom stereocenters. The van der Waals surface area contributed by atoms with Crippen LogP contribution in [0.2, 0.25) is 0 Å². The summed E-state index contributed by atoms with van der Waals surface area (Å²) in [4.78, 5) is 36.9. The van der Waals surface area contributed by atoms with Crippen LogP contribution < -0.4 is 5.32 Å². The van der Waals surface area contributed by atoms with Crippen molar-refractivity contribution in [3.63, 3.8) is 0 Å². The summed E-state index contributed by atoms with van der Waals surface area (Å²) in [5.41, 5.74) is -0.864. The van der Waals surface area contributed by atoms with E-state index in [1.807, 2.05) is 27.7 Å². The molecule has 6 heteroatoms. The van der Waals surface area contributed by atoms with Crippen LogP contribution in [0.4, 0.5) is 0 Å². The summed E-state index contributed by atoms with van der Waals surface area (Å²) >= 11 is 0. The number of aliphatic carboxylic acids is 1. The molecule has 0 spiro atoms. The summed E-state index contributed by atoms with van der Waals surface area (Å²) in [5.74, 6) is -0.777. The lowest BCUT2D eigenvalue weighted by Crippen LogP contribution is -2.43. The van der Waals surface area contributed by atoms with Crippen molar-refractivity contribution in [2.75, 3.05) is 19.6 Å². The van der Waals surface area contributed by atoms with E-state index in [9.17, 15) is 19.5 Å². The first-order valence-corrected chi connectivity index (χ1v) is 7.97. The van der Waals surface area contributed by atoms with Crippen molar-refractivity contribution in [3.05, 3.63) is 0 Å². The third-order valence-corrected chi connectivity index (χ3v) is 4.57. The molecular formula is C16H28N2O4. The van der Waals surface area contributed by atoms with Crippen molar-refractivity contribution >= 4 is 17.8 Å². The second kappa shape index (κ2) is 7.61. The summed E-state index contributed by atoms with van der Waals surface area (Å²) in [6, 6.07) is 0. The van der Waals surface area contributed by atoms with E-state index in [0.29, 0.717) is 25.3 Å². The summed E-state index contributed by atoms with van der Waals surface area (Å²) < 4.78 is 0. The Morgan fingerprint density at radius 2 is 1.86 bits per heavy atom. The van der Waals surface area contributed by atoms with Crippen LogP contribution in [0.3, 0.4) is 0 Å². The van der Waals surface area contributed by atoms with E-state index >= 15 is 0 Å². The number of amides is 2. The van der Waals surface area contributed by atoms with E-state index in [1.54, 1.807) is 4.90 Å². The van der Waals surface area contributed by atoms with Crippen molar-refractivity contribution in [1.82, 2.24) is 10.2 Å². The number of likely N-dealkylation sites (tertiary alicyclic amines) is 1. The predicted molar refractivity (Wildman–Crippen MR) is 83.2 cm³/mol. The Morgan fingerprint density at radius 3 is 2.32 bits per heavy atom. The minimum atomic E-state index is -0.864. The monoisotopic (exact) mass is 312 g/mol. The zero-order valence-electron chi connectivity index (χ0n) is 14.0. The minimum absolute atomic E-state index is 0.0385. The van der Waals surface area contributed by atoms with Gasteiger partial charge in [0.05, 0.1) is 12.0 Å². The molecule has 1 aliphatic heterocycles. The van der Waals surface area contributed by atoms with Crippen LogP contribution in [-0.2, 0) is 14.4 Å². The molecule has 1 saturated heterocycles. The summed E-state index contributed by atoms with van der Waals surface area (Å²) in [6.45, 7) is 8.43. The Bertz CT molecular complexity index is 434. The fraction of sp³-hybridized carbons (Fsp3) is 0.812. The highest BCUT2D eigenvalue weighted by molar-refractivity contribution is 5.86. The first-order valence-electron chi connectivity index (χ1n) is 7.97. The zero-order valence-corrected chi connectivity index (χ0v) is 14.0. The largest absolute Gasteiger partial charge is 0.481 e. The number of rotatable bonds is 7. The molecule has 1 rings (SSSR count). The molecule has 1 aliphatic rings. The van der Waals surface area contributed by atoms with Gasteiger partial charge in [-0.3, -0.25) is 14.4 Å². The molecule has 0 radical (unpaired) electrons. The van der Waals surface area contributed by atoms with E-state index in [-0.39, 0.29) is 30.8 Å². The highest BCUT2D eigenvalue weighted by atomic mass is 16.4. The van der Waals surface area contributed by atoms with Gasteiger partial charge < -0.3 is 15.3 Å². The maximum atomic E-state index is 12.1. The number of hydrogen-bond acceptors (Lipinski definition) is 3. The highest BCUT2D eigenvalue weighted by Crippen LogP contribution is 2.38. The van der Waals surface area contributed by atoms with E-state index in [0.717, 1.165) is 6.42 Å². The van der Waals surface area contributed by atoms with Gasteiger partial charge in [-0.2, -0.15) is 0 Å². The topological polar surface area (TPSA) is 86.7 Å². The lowest BCUT2D eigenvalue weighted by molar-refractivity contribution is -0.151. The standard InChI is InChI=1S/C16H28N2O4/c1-11(2)5-6-13(19)17-9-14(20)18-8-7-16(10-18,12(3)4)15(21)22/h11-12H,5-10H2,1-4H3,(H,17,19)(H,21,22). The molecule has 2 N–H and O–H groups in total. The number of carboxylic acids is 1. The Labute approximate surface area is 132 Å². The molecular weight excluding hydrogens is 284 g/mol. The van der Waals surface area contributed by atoms with Crippen molar-refractivity contribution in [2.24, 2.45) is 17.3 Å². The van der Waals surface area contributed by atoms with Gasteiger partial charge in [0.2, 0.25) is 11.8 Å². The maximum absolute atomic E-state index is 12.1. The molecule has 6 nitrogen and oxygen atoms in total. The highest BCUT2D eigenvalue weighted by Gasteiger charge is 2.48. The van der Waals surface area contributed by atoms with E-state index < -0.39 is 11.4 Å². The van der Waals surface area contributed by atoms with Crippen LogP contribution in [0, 0.1) is 17.3 Å². The minimum Gasteiger partial charge on any atom is -0.481 e. The molecule has 1 unspecified atom stereocenters. The molecule has 126 valence electrons. The van der Waals surface area contributed by atoms with E-state index in [1.165, 1.54) is 0 Å². The molecule has 2 amide bonds. The van der Waals surface area contributed by atoms with Crippen molar-refractivity contribution < 1.29 is 19.5 Å². The fourth-order valence-corrected chi connectivity index (χ4v) is 2.73. The fourth-order valence-electron chi connectivity index (χ4n) is 2.73. The Morgan fingerprint density at radius 1 is 1.23 bits per heavy atom. The van der Waals surface area contributed by atoms with E-state index in [4.69, 9.17) is 0 Å². The Kier molecular flexibility index (Phi) is 6.38. The van der Waals surface area contributed by atoms with Gasteiger partial charge in [-0.1, -0.05) is 27.7 Å². The average Bonchev–Trinajstić information content (AvgIpc) is 2.89. The molecule has 0 aromatic heterocycles. The van der Waals surface area contributed by atoms with Gasteiger partial charge in [0.15, 0.2) is 0 Å². The van der Waals surface area contributed by atoms with Crippen molar-refractivity contribution in [1.29, 1.82) is 0 Å². The van der Waals surface area contributed by atoms with Crippen LogP contribution >= 0.6 is 0 Å².